The lowest BCUT2D eigenvalue weighted by Crippen LogP contribution is -2.12. The molecule has 1 aliphatic rings. The fourth-order valence-corrected chi connectivity index (χ4v) is 9.21. The van der Waals surface area contributed by atoms with Crippen LogP contribution >= 0.6 is 0 Å². The van der Waals surface area contributed by atoms with Crippen molar-refractivity contribution in [1.82, 2.24) is 4.57 Å². The molecule has 1 aliphatic carbocycles. The van der Waals surface area contributed by atoms with Crippen molar-refractivity contribution >= 4 is 45.2 Å². The van der Waals surface area contributed by atoms with Crippen molar-refractivity contribution in [2.24, 2.45) is 11.5 Å². The molecule has 0 fully saturated rings. The van der Waals surface area contributed by atoms with Crippen LogP contribution in [0, 0.1) is 12.8 Å². The fraction of sp³-hybridized carbons (Fsp3) is 0.169. The maximum Gasteiger partial charge on any atom is 0.0574 e. The summed E-state index contributed by atoms with van der Waals surface area (Å²) >= 11 is 0. The lowest BCUT2D eigenvalue weighted by Gasteiger charge is -2.20. The highest BCUT2D eigenvalue weighted by Crippen LogP contribution is 2.50. The number of para-hydroxylation sites is 1. The van der Waals surface area contributed by atoms with Gasteiger partial charge in [0.2, 0.25) is 0 Å². The number of aromatic nitrogens is 1. The molecule has 1 aromatic heterocycles. The van der Waals surface area contributed by atoms with E-state index in [1.54, 1.807) is 0 Å². The van der Waals surface area contributed by atoms with Crippen molar-refractivity contribution in [2.45, 2.75) is 71.9 Å². The lowest BCUT2D eigenvalue weighted by atomic mass is 9.84. The molecule has 0 aliphatic heterocycles. The van der Waals surface area contributed by atoms with E-state index in [1.807, 2.05) is 74.5 Å². The number of hydrogen-bond acceptors (Lipinski definition) is 2. The Balaban J connectivity index is 0.000000640. The summed E-state index contributed by atoms with van der Waals surface area (Å²) in [6, 6.07) is 48.9. The normalized spacial score (nSPS) is 14.3. The molecule has 0 bridgehead atoms. The molecule has 4 N–H and O–H groups in total. The number of rotatable bonds is 14. The maximum atomic E-state index is 6.86. The van der Waals surface area contributed by atoms with Crippen molar-refractivity contribution in [3.8, 4) is 24.0 Å². The summed E-state index contributed by atoms with van der Waals surface area (Å²) in [5.74, 6) is 0.350. The molecule has 1 atom stereocenters. The third-order valence-electron chi connectivity index (χ3n) is 12.5. The lowest BCUT2D eigenvalue weighted by molar-refractivity contribution is 0.494. The Morgan fingerprint density at radius 1 is 0.750 bits per heavy atom. The Labute approximate surface area is 407 Å². The van der Waals surface area contributed by atoms with Gasteiger partial charge in [-0.1, -0.05) is 241 Å². The van der Waals surface area contributed by atoms with E-state index < -0.39 is 0 Å². The van der Waals surface area contributed by atoms with Crippen molar-refractivity contribution in [3.63, 3.8) is 0 Å². The number of terminal acetylenes is 1. The summed E-state index contributed by atoms with van der Waals surface area (Å²) in [6.45, 7) is 24.5. The van der Waals surface area contributed by atoms with Gasteiger partial charge in [-0.25, -0.2) is 0 Å². The van der Waals surface area contributed by atoms with E-state index in [9.17, 15) is 0 Å². The van der Waals surface area contributed by atoms with Crippen LogP contribution in [0.1, 0.15) is 92.3 Å². The summed E-state index contributed by atoms with van der Waals surface area (Å²) in [6.07, 6.45) is 31.1. The molecule has 68 heavy (non-hydrogen) atoms. The predicted molar refractivity (Wildman–Crippen MR) is 301 cm³/mol. The zero-order valence-electron chi connectivity index (χ0n) is 40.8. The minimum atomic E-state index is 0.116. The third-order valence-corrected chi connectivity index (χ3v) is 12.5. The Morgan fingerprint density at radius 3 is 2.04 bits per heavy atom. The van der Waals surface area contributed by atoms with Gasteiger partial charge in [0.1, 0.15) is 0 Å². The zero-order valence-corrected chi connectivity index (χ0v) is 40.8. The standard InChI is InChI=1S/C54H52N2.C7H9N.C2H6.C2H2/c1-7-11-19-41(29-30-42(20-12-8-2)48-37-54(5,6)49-26-17-16-23-46(48)49)45-24-18-25-47-52-44(10-4)38(9-3)33-34-51(52)56(53(45)47)36-35-50(55)43-31-27-40(28-32-43)39-21-14-13-15-22-39;8-6-7-4-2-1-3-5-7;2*1-2/h7-29,31-35,48H,1,3-4,30,36-37,55H2,2,5-6H3;1-5H,6,8H2;1-2H3;1-2H/b12-8-,19-11-,41-29+,42-20-,50-35-;;;. The average Bonchev–Trinajstić information content (AvgIpc) is 3.88. The van der Waals surface area contributed by atoms with Crippen molar-refractivity contribution in [1.29, 1.82) is 0 Å². The third kappa shape index (κ3) is 11.8. The first-order chi connectivity index (χ1) is 33.2. The summed E-state index contributed by atoms with van der Waals surface area (Å²) in [5.41, 5.74) is 28.6. The minimum absolute atomic E-state index is 0.116. The zero-order chi connectivity index (χ0) is 49.1. The number of benzene rings is 6. The first kappa shape index (κ1) is 51.3. The molecule has 0 amide bonds. The smallest absolute Gasteiger partial charge is 0.0574 e. The van der Waals surface area contributed by atoms with Crippen LogP contribution in [-0.2, 0) is 18.5 Å². The van der Waals surface area contributed by atoms with E-state index in [0.29, 0.717) is 19.0 Å². The second-order valence-electron chi connectivity index (χ2n) is 16.9. The highest BCUT2D eigenvalue weighted by molar-refractivity contribution is 6.15. The van der Waals surface area contributed by atoms with E-state index in [0.717, 1.165) is 57.4 Å². The highest BCUT2D eigenvalue weighted by Gasteiger charge is 2.37. The van der Waals surface area contributed by atoms with Gasteiger partial charge in [-0.3, -0.25) is 0 Å². The first-order valence-electron chi connectivity index (χ1n) is 23.6. The van der Waals surface area contributed by atoms with Crippen LogP contribution in [0.15, 0.2) is 213 Å². The van der Waals surface area contributed by atoms with Crippen LogP contribution in [0.3, 0.4) is 0 Å². The van der Waals surface area contributed by atoms with Gasteiger partial charge in [0.25, 0.3) is 0 Å². The molecule has 1 unspecified atom stereocenters. The molecule has 1 heterocycles. The Morgan fingerprint density at radius 2 is 1.41 bits per heavy atom. The number of fused-ring (bicyclic) bond motifs is 4. The molecular weight excluding hydrogens is 823 g/mol. The fourth-order valence-electron chi connectivity index (χ4n) is 9.21. The van der Waals surface area contributed by atoms with Crippen LogP contribution < -0.4 is 11.5 Å². The van der Waals surface area contributed by atoms with Crippen molar-refractivity contribution < 1.29 is 0 Å². The molecule has 7 aromatic rings. The van der Waals surface area contributed by atoms with Crippen LogP contribution in [0.25, 0.3) is 56.4 Å². The van der Waals surface area contributed by atoms with Gasteiger partial charge in [0, 0.05) is 41.0 Å². The highest BCUT2D eigenvalue weighted by atomic mass is 15.0. The Bertz CT molecular complexity index is 2960. The molecular formula is C65H69N3. The summed E-state index contributed by atoms with van der Waals surface area (Å²) in [7, 11) is 0. The summed E-state index contributed by atoms with van der Waals surface area (Å²) in [4.78, 5) is 0. The summed E-state index contributed by atoms with van der Waals surface area (Å²) in [5, 5.41) is 2.34. The largest absolute Gasteiger partial charge is 0.398 e. The molecule has 344 valence electrons. The number of allylic oxidation sites excluding steroid dienone is 10. The minimum Gasteiger partial charge on any atom is -0.398 e. The number of nitrogens with two attached hydrogens (primary N) is 2. The van der Waals surface area contributed by atoms with E-state index in [1.165, 1.54) is 44.2 Å². The molecule has 0 radical (unpaired) electrons. The van der Waals surface area contributed by atoms with Crippen LogP contribution in [0.4, 0.5) is 0 Å². The number of hydrogen-bond donors (Lipinski definition) is 2. The van der Waals surface area contributed by atoms with Crippen LogP contribution in [0.2, 0.25) is 0 Å². The van der Waals surface area contributed by atoms with Crippen LogP contribution in [0.5, 0.6) is 0 Å². The summed E-state index contributed by atoms with van der Waals surface area (Å²) < 4.78 is 2.41. The van der Waals surface area contributed by atoms with Crippen molar-refractivity contribution in [3.05, 3.63) is 252 Å². The molecule has 0 saturated carbocycles. The van der Waals surface area contributed by atoms with Crippen molar-refractivity contribution in [2.75, 3.05) is 0 Å². The Kier molecular flexibility index (Phi) is 19.1. The molecule has 0 spiro atoms. The SMILES string of the molecule is C#C.C=C/C=C\C(=C/C/C(=C/C=C\C)C1CC(C)(C)c2ccccc21)c1cccc2c3c(C=C)c(C=C)ccc3n(C/C=C(\N)c3ccc(-c4ccccc4)cc3)c12.CC.NCc1ccccc1. The van der Waals surface area contributed by atoms with Gasteiger partial charge in [0.15, 0.2) is 0 Å². The molecule has 3 heteroatoms. The molecule has 8 rings (SSSR count). The molecule has 3 nitrogen and oxygen atoms in total. The van der Waals surface area contributed by atoms with Gasteiger partial charge in [0.05, 0.1) is 11.0 Å². The predicted octanol–water partition coefficient (Wildman–Crippen LogP) is 16.7. The van der Waals surface area contributed by atoms with Gasteiger partial charge in [-0.15, -0.1) is 12.8 Å². The maximum absolute atomic E-state index is 6.86. The molecule has 0 saturated heterocycles. The quantitative estimate of drug-likeness (QED) is 0.0844. The van der Waals surface area contributed by atoms with E-state index >= 15 is 0 Å². The van der Waals surface area contributed by atoms with E-state index in [2.05, 4.69) is 198 Å². The second kappa shape index (κ2) is 25.3. The van der Waals surface area contributed by atoms with Gasteiger partial charge in [-0.2, -0.15) is 0 Å². The van der Waals surface area contributed by atoms with Gasteiger partial charge >= 0.3 is 0 Å². The van der Waals surface area contributed by atoms with E-state index in [4.69, 9.17) is 11.5 Å². The average molecular weight is 892 g/mol. The van der Waals surface area contributed by atoms with Gasteiger partial charge in [-0.05, 0) is 87.4 Å². The Hall–Kier alpha value is -7.64. The monoisotopic (exact) mass is 892 g/mol. The second-order valence-corrected chi connectivity index (χ2v) is 16.9. The topological polar surface area (TPSA) is 57.0 Å². The van der Waals surface area contributed by atoms with E-state index in [-0.39, 0.29) is 5.41 Å². The molecule has 6 aromatic carbocycles. The first-order valence-corrected chi connectivity index (χ1v) is 23.6. The van der Waals surface area contributed by atoms with Gasteiger partial charge < -0.3 is 16.0 Å². The van der Waals surface area contributed by atoms with Crippen LogP contribution in [-0.4, -0.2) is 4.57 Å². The number of nitrogens with zero attached hydrogens (tertiary/aromatic N) is 1.